The molecule has 5 rings (SSSR count). The monoisotopic (exact) mass is 400 g/mol. The zero-order valence-corrected chi connectivity index (χ0v) is 16.2. The number of nitrogen functional groups attached to an aromatic ring is 1. The van der Waals surface area contributed by atoms with E-state index in [4.69, 9.17) is 5.73 Å². The van der Waals surface area contributed by atoms with Crippen LogP contribution in [0, 0.1) is 0 Å². The maximum absolute atomic E-state index is 12.6. The van der Waals surface area contributed by atoms with E-state index in [1.807, 2.05) is 41.3 Å². The van der Waals surface area contributed by atoms with E-state index in [1.165, 1.54) is 5.56 Å². The molecule has 4 N–H and O–H groups in total. The van der Waals surface area contributed by atoms with Gasteiger partial charge in [-0.15, -0.1) is 0 Å². The van der Waals surface area contributed by atoms with Crippen LogP contribution in [0.3, 0.4) is 0 Å². The van der Waals surface area contributed by atoms with Gasteiger partial charge < -0.3 is 20.9 Å². The lowest BCUT2D eigenvalue weighted by atomic mass is 9.96. The average Bonchev–Trinajstić information content (AvgIpc) is 3.21. The number of carbonyl (C=O) groups excluding carboxylic acids is 1. The molecular formula is C23H20N4O3. The number of benzene rings is 2. The van der Waals surface area contributed by atoms with Crippen molar-refractivity contribution in [1.82, 2.24) is 10.3 Å². The average molecular weight is 400 g/mol. The molecule has 0 fully saturated rings. The van der Waals surface area contributed by atoms with E-state index in [-0.39, 0.29) is 11.6 Å². The minimum absolute atomic E-state index is 0.0607. The number of anilines is 2. The zero-order valence-electron chi connectivity index (χ0n) is 16.2. The summed E-state index contributed by atoms with van der Waals surface area (Å²) in [5, 5.41) is 3.87. The fourth-order valence-electron chi connectivity index (χ4n) is 4.16. The molecule has 2 heterocycles. The lowest BCUT2D eigenvalue weighted by Crippen LogP contribution is -2.44. The molecule has 30 heavy (non-hydrogen) atoms. The number of aromatic nitrogens is 1. The SMILES string of the molecule is Nc1c(N2CCc3ccc(CNC(=O)c4c[nH]c5ccccc45)cc3C2)c(=O)c1=O. The summed E-state index contributed by atoms with van der Waals surface area (Å²) < 4.78 is 0. The summed E-state index contributed by atoms with van der Waals surface area (Å²) in [6.45, 7) is 1.57. The maximum Gasteiger partial charge on any atom is 0.253 e. The van der Waals surface area contributed by atoms with Crippen LogP contribution in [0.4, 0.5) is 11.4 Å². The summed E-state index contributed by atoms with van der Waals surface area (Å²) >= 11 is 0. The number of nitrogens with zero attached hydrogens (tertiary/aromatic N) is 1. The highest BCUT2D eigenvalue weighted by molar-refractivity contribution is 6.06. The number of carbonyl (C=O) groups is 1. The van der Waals surface area contributed by atoms with Gasteiger partial charge in [-0.05, 0) is 29.2 Å². The van der Waals surface area contributed by atoms with E-state index < -0.39 is 10.9 Å². The second-order valence-electron chi connectivity index (χ2n) is 7.63. The Labute approximate surface area is 171 Å². The summed E-state index contributed by atoms with van der Waals surface area (Å²) in [6.07, 6.45) is 2.50. The highest BCUT2D eigenvalue weighted by Crippen LogP contribution is 2.26. The lowest BCUT2D eigenvalue weighted by Gasteiger charge is -2.32. The molecule has 0 spiro atoms. The third kappa shape index (κ3) is 2.86. The van der Waals surface area contributed by atoms with E-state index in [0.717, 1.165) is 28.5 Å². The van der Waals surface area contributed by atoms with Crippen LogP contribution in [0.1, 0.15) is 27.0 Å². The molecule has 1 aliphatic heterocycles. The molecule has 3 aromatic carbocycles. The molecule has 0 bridgehead atoms. The molecule has 0 saturated carbocycles. The van der Waals surface area contributed by atoms with Crippen molar-refractivity contribution in [1.29, 1.82) is 0 Å². The molecule has 0 aliphatic carbocycles. The second kappa shape index (κ2) is 6.88. The number of nitrogens with one attached hydrogen (secondary N) is 2. The molecule has 0 atom stereocenters. The van der Waals surface area contributed by atoms with Crippen molar-refractivity contribution in [3.63, 3.8) is 0 Å². The Hall–Kier alpha value is -3.87. The van der Waals surface area contributed by atoms with Gasteiger partial charge in [0.05, 0.1) is 5.56 Å². The largest absolute Gasteiger partial charge is 0.394 e. The van der Waals surface area contributed by atoms with E-state index in [9.17, 15) is 14.4 Å². The van der Waals surface area contributed by atoms with Crippen molar-refractivity contribution in [2.75, 3.05) is 17.2 Å². The number of H-pyrrole nitrogens is 1. The molecule has 1 aliphatic rings. The maximum atomic E-state index is 12.6. The minimum atomic E-state index is -0.593. The topological polar surface area (TPSA) is 108 Å². The molecule has 7 nitrogen and oxygen atoms in total. The van der Waals surface area contributed by atoms with Crippen molar-refractivity contribution in [2.45, 2.75) is 19.5 Å². The first-order chi connectivity index (χ1) is 14.5. The fourth-order valence-corrected chi connectivity index (χ4v) is 4.16. The number of hydrogen-bond donors (Lipinski definition) is 3. The van der Waals surface area contributed by atoms with Crippen LogP contribution in [0.2, 0.25) is 0 Å². The molecule has 1 aromatic heterocycles. The van der Waals surface area contributed by atoms with Crippen molar-refractivity contribution < 1.29 is 4.79 Å². The Balaban J connectivity index is 1.31. The van der Waals surface area contributed by atoms with Crippen molar-refractivity contribution >= 4 is 28.2 Å². The smallest absolute Gasteiger partial charge is 0.253 e. The summed E-state index contributed by atoms with van der Waals surface area (Å²) in [5.74, 6) is -0.136. The molecular weight excluding hydrogens is 380 g/mol. The molecule has 0 unspecified atom stereocenters. The van der Waals surface area contributed by atoms with Crippen LogP contribution in [0.5, 0.6) is 0 Å². The molecule has 150 valence electrons. The highest BCUT2D eigenvalue weighted by atomic mass is 16.2. The number of hydrogen-bond acceptors (Lipinski definition) is 5. The number of para-hydroxylation sites is 1. The summed E-state index contributed by atoms with van der Waals surface area (Å²) in [7, 11) is 0. The number of amides is 1. The Bertz CT molecular complexity index is 1360. The highest BCUT2D eigenvalue weighted by Gasteiger charge is 2.26. The first-order valence-corrected chi connectivity index (χ1v) is 9.81. The molecule has 4 aromatic rings. The Morgan fingerprint density at radius 1 is 1.10 bits per heavy atom. The van der Waals surface area contributed by atoms with Crippen molar-refractivity contribution in [3.05, 3.63) is 91.4 Å². The number of nitrogens with two attached hydrogens (primary N) is 1. The third-order valence-corrected chi connectivity index (χ3v) is 5.81. The van der Waals surface area contributed by atoms with Crippen molar-refractivity contribution in [2.24, 2.45) is 0 Å². The zero-order chi connectivity index (χ0) is 20.8. The normalized spacial score (nSPS) is 13.5. The first-order valence-electron chi connectivity index (χ1n) is 9.81. The predicted molar refractivity (Wildman–Crippen MR) is 116 cm³/mol. The van der Waals surface area contributed by atoms with Crippen LogP contribution in [-0.2, 0) is 19.5 Å². The number of aromatic amines is 1. The van der Waals surface area contributed by atoms with E-state index in [2.05, 4.69) is 16.4 Å². The minimum Gasteiger partial charge on any atom is -0.394 e. The number of rotatable bonds is 4. The Kier molecular flexibility index (Phi) is 4.17. The quantitative estimate of drug-likeness (QED) is 0.453. The van der Waals surface area contributed by atoms with Gasteiger partial charge in [0.25, 0.3) is 16.8 Å². The van der Waals surface area contributed by atoms with Crippen LogP contribution < -0.4 is 26.8 Å². The molecule has 7 heteroatoms. The van der Waals surface area contributed by atoms with Gasteiger partial charge in [-0.1, -0.05) is 36.4 Å². The molecule has 0 radical (unpaired) electrons. The van der Waals surface area contributed by atoms with Gasteiger partial charge in [0, 0.05) is 36.7 Å². The Morgan fingerprint density at radius 3 is 2.77 bits per heavy atom. The summed E-state index contributed by atoms with van der Waals surface area (Å²) in [4.78, 5) is 40.9. The van der Waals surface area contributed by atoms with Gasteiger partial charge >= 0.3 is 0 Å². The fraction of sp³-hybridized carbons (Fsp3) is 0.174. The number of fused-ring (bicyclic) bond motifs is 2. The Morgan fingerprint density at radius 2 is 1.93 bits per heavy atom. The molecule has 0 saturated heterocycles. The molecule has 1 amide bonds. The van der Waals surface area contributed by atoms with Gasteiger partial charge in [0.15, 0.2) is 0 Å². The van der Waals surface area contributed by atoms with Crippen LogP contribution in [0.15, 0.2) is 58.3 Å². The standard InChI is InChI=1S/C23H20N4O3/c24-19-20(22(29)21(19)28)27-8-7-14-6-5-13(9-15(14)12-27)10-26-23(30)17-11-25-18-4-2-1-3-16(17)18/h1-6,9,11,25H,7-8,10,12,24H2,(H,26,30). The predicted octanol–water partition coefficient (Wildman–Crippen LogP) is 1.84. The summed E-state index contributed by atoms with van der Waals surface area (Å²) in [5.41, 5.74) is 9.82. The van der Waals surface area contributed by atoms with E-state index in [1.54, 1.807) is 6.20 Å². The van der Waals surface area contributed by atoms with Gasteiger partial charge in [-0.3, -0.25) is 14.4 Å². The van der Waals surface area contributed by atoms with E-state index >= 15 is 0 Å². The third-order valence-electron chi connectivity index (χ3n) is 5.81. The van der Waals surface area contributed by atoms with Gasteiger partial charge in [-0.2, -0.15) is 0 Å². The lowest BCUT2D eigenvalue weighted by molar-refractivity contribution is 0.0952. The van der Waals surface area contributed by atoms with Gasteiger partial charge in [0.2, 0.25) is 0 Å². The van der Waals surface area contributed by atoms with Gasteiger partial charge in [-0.25, -0.2) is 0 Å². The first kappa shape index (κ1) is 18.2. The van der Waals surface area contributed by atoms with Crippen LogP contribution >= 0.6 is 0 Å². The second-order valence-corrected chi connectivity index (χ2v) is 7.63. The van der Waals surface area contributed by atoms with Crippen molar-refractivity contribution in [3.8, 4) is 0 Å². The van der Waals surface area contributed by atoms with Gasteiger partial charge in [0.1, 0.15) is 11.4 Å². The van der Waals surface area contributed by atoms with Crippen LogP contribution in [0.25, 0.3) is 10.9 Å². The summed E-state index contributed by atoms with van der Waals surface area (Å²) in [6, 6.07) is 13.8. The van der Waals surface area contributed by atoms with Crippen LogP contribution in [-0.4, -0.2) is 17.4 Å². The van der Waals surface area contributed by atoms with E-state index in [0.29, 0.717) is 30.9 Å².